The maximum absolute atomic E-state index is 5.40. The fourth-order valence-electron chi connectivity index (χ4n) is 1.44. The van der Waals surface area contributed by atoms with Crippen LogP contribution in [0.1, 0.15) is 18.9 Å². The van der Waals surface area contributed by atoms with E-state index in [0.29, 0.717) is 0 Å². The van der Waals surface area contributed by atoms with Crippen LogP contribution in [0.5, 0.6) is 0 Å². The van der Waals surface area contributed by atoms with Crippen molar-refractivity contribution in [2.24, 2.45) is 5.16 Å². The number of alkyl halides is 1. The number of hydrogen-bond donors (Lipinski definition) is 0. The number of oxime groups is 1. The topological polar surface area (TPSA) is 21.6 Å². The third-order valence-corrected chi connectivity index (χ3v) is 3.49. The van der Waals surface area contributed by atoms with E-state index in [9.17, 15) is 0 Å². The van der Waals surface area contributed by atoms with Crippen molar-refractivity contribution >= 4 is 21.6 Å². The van der Waals surface area contributed by atoms with Crippen molar-refractivity contribution in [3.63, 3.8) is 0 Å². The van der Waals surface area contributed by atoms with Gasteiger partial charge in [-0.3, -0.25) is 0 Å². The highest BCUT2D eigenvalue weighted by Crippen LogP contribution is 2.27. The van der Waals surface area contributed by atoms with E-state index < -0.39 is 0 Å². The van der Waals surface area contributed by atoms with Gasteiger partial charge in [-0.15, -0.1) is 0 Å². The highest BCUT2D eigenvalue weighted by Gasteiger charge is 2.33. The van der Waals surface area contributed by atoms with E-state index in [0.717, 1.165) is 23.0 Å². The Morgan fingerprint density at radius 2 is 2.14 bits per heavy atom. The summed E-state index contributed by atoms with van der Waals surface area (Å²) < 4.78 is 0. The Labute approximate surface area is 92.1 Å². The van der Waals surface area contributed by atoms with Gasteiger partial charge in [0.1, 0.15) is 5.60 Å². The summed E-state index contributed by atoms with van der Waals surface area (Å²) in [6.07, 6.45) is 0.863. The lowest BCUT2D eigenvalue weighted by molar-refractivity contribution is 0.0173. The molecular formula is C11H12BrNO. The molecule has 1 heterocycles. The minimum absolute atomic E-state index is 0.175. The molecule has 0 spiro atoms. The van der Waals surface area contributed by atoms with Crippen LogP contribution in [0.2, 0.25) is 0 Å². The number of nitrogens with zero attached hydrogens (tertiary/aromatic N) is 1. The minimum Gasteiger partial charge on any atom is -0.388 e. The van der Waals surface area contributed by atoms with E-state index in [4.69, 9.17) is 4.84 Å². The number of benzene rings is 1. The van der Waals surface area contributed by atoms with Gasteiger partial charge in [-0.2, -0.15) is 0 Å². The van der Waals surface area contributed by atoms with Crippen LogP contribution in [0.25, 0.3) is 0 Å². The van der Waals surface area contributed by atoms with Crippen molar-refractivity contribution in [3.8, 4) is 0 Å². The summed E-state index contributed by atoms with van der Waals surface area (Å²) in [7, 11) is 0. The molecular weight excluding hydrogens is 242 g/mol. The molecule has 0 fully saturated rings. The first-order valence-corrected chi connectivity index (χ1v) is 5.72. The fourth-order valence-corrected chi connectivity index (χ4v) is 1.74. The Kier molecular flexibility index (Phi) is 2.59. The lowest BCUT2D eigenvalue weighted by Crippen LogP contribution is -2.26. The lowest BCUT2D eigenvalue weighted by Gasteiger charge is -2.17. The molecule has 14 heavy (non-hydrogen) atoms. The highest BCUT2D eigenvalue weighted by atomic mass is 79.9. The summed E-state index contributed by atoms with van der Waals surface area (Å²) in [5.74, 6) is 0. The molecule has 1 aromatic carbocycles. The molecule has 0 saturated carbocycles. The Balaban J connectivity index is 2.17. The van der Waals surface area contributed by atoms with Gasteiger partial charge in [0.15, 0.2) is 0 Å². The van der Waals surface area contributed by atoms with Crippen molar-refractivity contribution in [1.82, 2.24) is 0 Å². The lowest BCUT2D eigenvalue weighted by atomic mass is 9.98. The van der Waals surface area contributed by atoms with Gasteiger partial charge < -0.3 is 4.84 Å². The molecule has 3 heteroatoms. The molecule has 0 radical (unpaired) electrons. The van der Waals surface area contributed by atoms with E-state index in [2.05, 4.69) is 40.1 Å². The van der Waals surface area contributed by atoms with Crippen LogP contribution in [-0.4, -0.2) is 16.6 Å². The average Bonchev–Trinajstić information content (AvgIpc) is 2.63. The molecule has 0 aliphatic carbocycles. The van der Waals surface area contributed by atoms with Crippen LogP contribution in [-0.2, 0) is 4.84 Å². The first-order chi connectivity index (χ1) is 6.73. The largest absolute Gasteiger partial charge is 0.388 e. The quantitative estimate of drug-likeness (QED) is 0.743. The number of halogens is 1. The molecule has 0 N–H and O–H groups in total. The van der Waals surface area contributed by atoms with Crippen molar-refractivity contribution in [1.29, 1.82) is 0 Å². The Bertz CT molecular complexity index is 350. The molecule has 0 saturated heterocycles. The van der Waals surface area contributed by atoms with Gasteiger partial charge in [-0.25, -0.2) is 0 Å². The first-order valence-electron chi connectivity index (χ1n) is 4.60. The monoisotopic (exact) mass is 253 g/mol. The van der Waals surface area contributed by atoms with Crippen molar-refractivity contribution in [2.75, 3.05) is 5.33 Å². The molecule has 2 nitrogen and oxygen atoms in total. The van der Waals surface area contributed by atoms with Gasteiger partial charge in [0.25, 0.3) is 0 Å². The summed E-state index contributed by atoms with van der Waals surface area (Å²) in [6.45, 7) is 2.06. The van der Waals surface area contributed by atoms with Crippen LogP contribution in [0.3, 0.4) is 0 Å². The van der Waals surface area contributed by atoms with Gasteiger partial charge in [-0.05, 0) is 12.5 Å². The standard InChI is InChI=1S/C11H12BrNO/c1-11(8-12)7-10(13-14-11)9-5-3-2-4-6-9/h2-6H,7-8H2,1H3/t11-/m0/s1. The molecule has 1 atom stereocenters. The van der Waals surface area contributed by atoms with Gasteiger partial charge in [-0.1, -0.05) is 51.4 Å². The highest BCUT2D eigenvalue weighted by molar-refractivity contribution is 9.09. The molecule has 0 amide bonds. The SMILES string of the molecule is C[C@@]1(CBr)CC(c2ccccc2)=NO1. The van der Waals surface area contributed by atoms with Gasteiger partial charge in [0.05, 0.1) is 5.71 Å². The second-order valence-electron chi connectivity index (χ2n) is 3.76. The maximum Gasteiger partial charge on any atom is 0.150 e. The Morgan fingerprint density at radius 3 is 2.71 bits per heavy atom. The summed E-state index contributed by atoms with van der Waals surface area (Å²) in [6, 6.07) is 10.1. The van der Waals surface area contributed by atoms with Gasteiger partial charge in [0.2, 0.25) is 0 Å². The van der Waals surface area contributed by atoms with E-state index in [-0.39, 0.29) is 5.60 Å². The Hall–Kier alpha value is -0.830. The normalized spacial score (nSPS) is 25.7. The summed E-state index contributed by atoms with van der Waals surface area (Å²) >= 11 is 3.43. The van der Waals surface area contributed by atoms with Crippen molar-refractivity contribution in [2.45, 2.75) is 18.9 Å². The van der Waals surface area contributed by atoms with Crippen LogP contribution in [0.4, 0.5) is 0 Å². The number of rotatable bonds is 2. The molecule has 0 bridgehead atoms. The molecule has 74 valence electrons. The summed E-state index contributed by atoms with van der Waals surface area (Å²) in [5, 5.41) is 4.92. The molecule has 1 aromatic rings. The van der Waals surface area contributed by atoms with E-state index in [1.807, 2.05) is 18.2 Å². The van der Waals surface area contributed by atoms with Crippen molar-refractivity contribution < 1.29 is 4.84 Å². The second-order valence-corrected chi connectivity index (χ2v) is 4.32. The zero-order valence-corrected chi connectivity index (χ0v) is 9.62. The maximum atomic E-state index is 5.40. The predicted molar refractivity (Wildman–Crippen MR) is 60.9 cm³/mol. The molecule has 1 aliphatic heterocycles. The van der Waals surface area contributed by atoms with Gasteiger partial charge >= 0.3 is 0 Å². The van der Waals surface area contributed by atoms with Crippen LogP contribution < -0.4 is 0 Å². The van der Waals surface area contributed by atoms with E-state index in [1.165, 1.54) is 0 Å². The van der Waals surface area contributed by atoms with E-state index in [1.54, 1.807) is 0 Å². The van der Waals surface area contributed by atoms with Crippen LogP contribution in [0, 0.1) is 0 Å². The summed E-state index contributed by atoms with van der Waals surface area (Å²) in [5.41, 5.74) is 2.01. The predicted octanol–water partition coefficient (Wildman–Crippen LogP) is 2.96. The van der Waals surface area contributed by atoms with Crippen molar-refractivity contribution in [3.05, 3.63) is 35.9 Å². The Morgan fingerprint density at radius 1 is 1.43 bits per heavy atom. The fraction of sp³-hybridized carbons (Fsp3) is 0.364. The van der Waals surface area contributed by atoms with Gasteiger partial charge in [0, 0.05) is 11.8 Å². The zero-order valence-electron chi connectivity index (χ0n) is 8.03. The van der Waals surface area contributed by atoms with Crippen LogP contribution >= 0.6 is 15.9 Å². The van der Waals surface area contributed by atoms with Crippen LogP contribution in [0.15, 0.2) is 35.5 Å². The molecule has 1 aliphatic rings. The summed E-state index contributed by atoms with van der Waals surface area (Å²) in [4.78, 5) is 5.40. The average molecular weight is 254 g/mol. The second kappa shape index (κ2) is 3.73. The zero-order chi connectivity index (χ0) is 10.0. The number of hydrogen-bond acceptors (Lipinski definition) is 2. The molecule has 2 rings (SSSR count). The smallest absolute Gasteiger partial charge is 0.150 e. The minimum atomic E-state index is -0.175. The molecule has 0 unspecified atom stereocenters. The molecule has 0 aromatic heterocycles. The third-order valence-electron chi connectivity index (χ3n) is 2.31. The third kappa shape index (κ3) is 1.82. The first kappa shape index (κ1) is 9.71. The van der Waals surface area contributed by atoms with E-state index >= 15 is 0 Å².